The Hall–Kier alpha value is -1.27. The number of aromatic nitrogens is 2. The molecule has 2 heterocycles. The minimum Gasteiger partial charge on any atom is -0.365 e. The first-order valence-corrected chi connectivity index (χ1v) is 9.76. The molecule has 0 radical (unpaired) electrons. The van der Waals surface area contributed by atoms with Crippen LogP contribution >= 0.6 is 11.6 Å². The van der Waals surface area contributed by atoms with Gasteiger partial charge >= 0.3 is 0 Å². The highest BCUT2D eigenvalue weighted by molar-refractivity contribution is 6.28. The molecule has 2 aliphatic carbocycles. The molecular weight excluding hydrogens is 336 g/mol. The number of hydrogen-bond acceptors (Lipinski definition) is 6. The molecule has 25 heavy (non-hydrogen) atoms. The Labute approximate surface area is 155 Å². The van der Waals surface area contributed by atoms with Crippen molar-refractivity contribution in [3.63, 3.8) is 0 Å². The average Bonchev–Trinajstić information content (AvgIpc) is 3.22. The summed E-state index contributed by atoms with van der Waals surface area (Å²) in [5.41, 5.74) is 1.06. The monoisotopic (exact) mass is 364 g/mol. The first kappa shape index (κ1) is 17.2. The fourth-order valence-electron chi connectivity index (χ4n) is 4.98. The molecule has 0 spiro atoms. The number of nitrogens with one attached hydrogen (secondary N) is 1. The van der Waals surface area contributed by atoms with E-state index in [0.29, 0.717) is 17.4 Å². The van der Waals surface area contributed by atoms with Gasteiger partial charge in [0, 0.05) is 26.2 Å². The third-order valence-corrected chi connectivity index (χ3v) is 6.63. The van der Waals surface area contributed by atoms with Gasteiger partial charge in [0.2, 0.25) is 5.28 Å². The second kappa shape index (κ2) is 6.16. The predicted octanol–water partition coefficient (Wildman–Crippen LogP) is 3.24. The van der Waals surface area contributed by atoms with E-state index in [2.05, 4.69) is 65.0 Å². The summed E-state index contributed by atoms with van der Waals surface area (Å²) >= 11 is 6.27. The molecule has 1 aliphatic heterocycles. The molecule has 4 atom stereocenters. The summed E-state index contributed by atoms with van der Waals surface area (Å²) in [6.07, 6.45) is 5.49. The molecule has 2 bridgehead atoms. The Morgan fingerprint density at radius 3 is 2.52 bits per heavy atom. The van der Waals surface area contributed by atoms with Crippen molar-refractivity contribution in [2.24, 2.45) is 11.8 Å². The molecule has 1 aromatic rings. The van der Waals surface area contributed by atoms with Crippen LogP contribution in [-0.2, 0) is 0 Å². The van der Waals surface area contributed by atoms with Crippen molar-refractivity contribution in [3.05, 3.63) is 5.28 Å². The number of hydrogen-bond donors (Lipinski definition) is 1. The summed E-state index contributed by atoms with van der Waals surface area (Å²) in [6.45, 7) is 4.41. The van der Waals surface area contributed by atoms with Crippen LogP contribution in [0.4, 0.5) is 17.3 Å². The van der Waals surface area contributed by atoms with Gasteiger partial charge < -0.3 is 15.1 Å². The van der Waals surface area contributed by atoms with E-state index in [-0.39, 0.29) is 6.29 Å². The fourth-order valence-corrected chi connectivity index (χ4v) is 5.15. The Morgan fingerprint density at radius 1 is 1.16 bits per heavy atom. The zero-order chi connectivity index (χ0) is 17.9. The molecule has 4 rings (SSSR count). The van der Waals surface area contributed by atoms with E-state index < -0.39 is 0 Å². The summed E-state index contributed by atoms with van der Waals surface area (Å²) in [4.78, 5) is 15.9. The van der Waals surface area contributed by atoms with Gasteiger partial charge in [0.25, 0.3) is 0 Å². The highest BCUT2D eigenvalue weighted by atomic mass is 35.5. The third-order valence-electron chi connectivity index (χ3n) is 6.46. The Kier molecular flexibility index (Phi) is 4.23. The van der Waals surface area contributed by atoms with Gasteiger partial charge in [-0.3, -0.25) is 4.90 Å². The summed E-state index contributed by atoms with van der Waals surface area (Å²) in [6, 6.07) is 0.948. The maximum Gasteiger partial charge on any atom is 0.226 e. The fraction of sp³-hybridized carbons (Fsp3) is 0.778. The zero-order valence-corrected chi connectivity index (χ0v) is 16.6. The van der Waals surface area contributed by atoms with E-state index in [1.807, 2.05) is 0 Å². The minimum atomic E-state index is 0.114. The molecule has 7 heteroatoms. The molecule has 0 saturated heterocycles. The quantitative estimate of drug-likeness (QED) is 0.827. The predicted molar refractivity (Wildman–Crippen MR) is 103 cm³/mol. The molecule has 1 N–H and O–H groups in total. The number of nitrogens with zero attached hydrogens (tertiary/aromatic N) is 5. The highest BCUT2D eigenvalue weighted by Gasteiger charge is 2.42. The standard InChI is InChI=1S/C18H29ClN6/c1-10(2)23(3)18-24(4)14-15(21-17(19)22-16(14)25(18)5)20-13-9-11-6-7-12(13)8-11/h10-13,18H,6-9H2,1-5H3,(H,20,21,22). The second-order valence-electron chi connectivity index (χ2n) is 8.27. The maximum atomic E-state index is 6.27. The summed E-state index contributed by atoms with van der Waals surface area (Å²) in [7, 11) is 6.35. The Balaban J connectivity index is 1.66. The molecular formula is C18H29ClN6. The largest absolute Gasteiger partial charge is 0.365 e. The van der Waals surface area contributed by atoms with Gasteiger partial charge in [0.05, 0.1) is 0 Å². The number of anilines is 3. The lowest BCUT2D eigenvalue weighted by Crippen LogP contribution is -2.53. The smallest absolute Gasteiger partial charge is 0.226 e. The molecule has 2 saturated carbocycles. The van der Waals surface area contributed by atoms with Gasteiger partial charge in [-0.2, -0.15) is 9.97 Å². The van der Waals surface area contributed by atoms with Crippen LogP contribution in [-0.4, -0.2) is 54.4 Å². The topological polar surface area (TPSA) is 47.5 Å². The molecule has 6 nitrogen and oxygen atoms in total. The third kappa shape index (κ3) is 2.74. The van der Waals surface area contributed by atoms with Crippen LogP contribution in [0.5, 0.6) is 0 Å². The van der Waals surface area contributed by atoms with Crippen LogP contribution < -0.4 is 15.1 Å². The summed E-state index contributed by atoms with van der Waals surface area (Å²) in [5.74, 6) is 3.48. The average molecular weight is 365 g/mol. The van der Waals surface area contributed by atoms with Crippen LogP contribution in [0.3, 0.4) is 0 Å². The zero-order valence-electron chi connectivity index (χ0n) is 15.8. The number of halogens is 1. The molecule has 1 aromatic heterocycles. The van der Waals surface area contributed by atoms with Gasteiger partial charge in [-0.25, -0.2) is 0 Å². The van der Waals surface area contributed by atoms with Crippen LogP contribution in [0.2, 0.25) is 5.28 Å². The maximum absolute atomic E-state index is 6.27. The van der Waals surface area contributed by atoms with Crippen molar-refractivity contribution in [2.75, 3.05) is 36.3 Å². The van der Waals surface area contributed by atoms with Crippen LogP contribution in [0.25, 0.3) is 0 Å². The number of rotatable bonds is 4. The second-order valence-corrected chi connectivity index (χ2v) is 8.60. The molecule has 138 valence electrons. The molecule has 3 aliphatic rings. The van der Waals surface area contributed by atoms with E-state index in [0.717, 1.165) is 29.2 Å². The van der Waals surface area contributed by atoms with Gasteiger partial charge in [0.15, 0.2) is 17.9 Å². The Bertz CT molecular complexity index is 665. The SMILES string of the molecule is CC(C)N(C)C1N(C)c2nc(Cl)nc(NC3CC4CCC3C4)c2N1C. The van der Waals surface area contributed by atoms with Gasteiger partial charge in [-0.15, -0.1) is 0 Å². The number of fused-ring (bicyclic) bond motifs is 3. The molecule has 0 amide bonds. The first-order valence-electron chi connectivity index (χ1n) is 9.38. The van der Waals surface area contributed by atoms with Crippen LogP contribution in [0.1, 0.15) is 39.5 Å². The van der Waals surface area contributed by atoms with Gasteiger partial charge in [-0.05, 0) is 63.6 Å². The van der Waals surface area contributed by atoms with Crippen molar-refractivity contribution >= 4 is 28.9 Å². The van der Waals surface area contributed by atoms with Crippen molar-refractivity contribution in [2.45, 2.75) is 57.9 Å². The first-order chi connectivity index (χ1) is 11.9. The lowest BCUT2D eigenvalue weighted by molar-refractivity contribution is 0.198. The van der Waals surface area contributed by atoms with E-state index in [9.17, 15) is 0 Å². The summed E-state index contributed by atoms with van der Waals surface area (Å²) < 4.78 is 0. The van der Waals surface area contributed by atoms with E-state index in [1.165, 1.54) is 25.7 Å². The van der Waals surface area contributed by atoms with Crippen molar-refractivity contribution in [3.8, 4) is 0 Å². The van der Waals surface area contributed by atoms with E-state index >= 15 is 0 Å². The van der Waals surface area contributed by atoms with Gasteiger partial charge in [0.1, 0.15) is 5.69 Å². The minimum absolute atomic E-state index is 0.114. The van der Waals surface area contributed by atoms with E-state index in [1.54, 1.807) is 0 Å². The Morgan fingerprint density at radius 2 is 1.92 bits per heavy atom. The molecule has 2 fully saturated rings. The van der Waals surface area contributed by atoms with E-state index in [4.69, 9.17) is 11.6 Å². The lowest BCUT2D eigenvalue weighted by atomic mass is 9.95. The summed E-state index contributed by atoms with van der Waals surface area (Å²) in [5, 5.41) is 4.05. The molecule has 4 unspecified atom stereocenters. The van der Waals surface area contributed by atoms with Gasteiger partial charge in [-0.1, -0.05) is 6.42 Å². The van der Waals surface area contributed by atoms with Crippen molar-refractivity contribution in [1.29, 1.82) is 0 Å². The normalized spacial score (nSPS) is 30.7. The lowest BCUT2D eigenvalue weighted by Gasteiger charge is -2.37. The van der Waals surface area contributed by atoms with Crippen LogP contribution in [0, 0.1) is 11.8 Å². The van der Waals surface area contributed by atoms with Crippen LogP contribution in [0.15, 0.2) is 0 Å². The molecule has 0 aromatic carbocycles. The van der Waals surface area contributed by atoms with Crippen molar-refractivity contribution < 1.29 is 0 Å². The van der Waals surface area contributed by atoms with Crippen molar-refractivity contribution in [1.82, 2.24) is 14.9 Å². The highest BCUT2D eigenvalue weighted by Crippen LogP contribution is 2.48.